The Hall–Kier alpha value is -3.21. The fourth-order valence-corrected chi connectivity index (χ4v) is 3.19. The third kappa shape index (κ3) is 3.88. The average Bonchev–Trinajstić information content (AvgIpc) is 2.66. The van der Waals surface area contributed by atoms with Gasteiger partial charge in [0, 0.05) is 11.6 Å². The molecule has 0 aromatic heterocycles. The Morgan fingerprint density at radius 1 is 1.14 bits per heavy atom. The molecule has 144 valence electrons. The van der Waals surface area contributed by atoms with Crippen LogP contribution >= 0.6 is 0 Å². The van der Waals surface area contributed by atoms with Gasteiger partial charge in [-0.25, -0.2) is 4.21 Å². The van der Waals surface area contributed by atoms with E-state index in [4.69, 9.17) is 0 Å². The van der Waals surface area contributed by atoms with Crippen LogP contribution < -0.4 is 0 Å². The lowest BCUT2D eigenvalue weighted by atomic mass is 9.92. The first-order valence-electron chi connectivity index (χ1n) is 8.12. The van der Waals surface area contributed by atoms with Crippen LogP contribution in [0.3, 0.4) is 0 Å². The highest BCUT2D eigenvalue weighted by atomic mass is 32.2. The summed E-state index contributed by atoms with van der Waals surface area (Å²) in [6.45, 7) is 1.87. The number of nitrogens with zero attached hydrogens (tertiary/aromatic N) is 3. The number of rotatable bonds is 4. The van der Waals surface area contributed by atoms with Crippen LogP contribution in [0.15, 0.2) is 75.7 Å². The van der Waals surface area contributed by atoms with Crippen LogP contribution in [0.4, 0.5) is 11.4 Å². The summed E-state index contributed by atoms with van der Waals surface area (Å²) in [5, 5.41) is 19.1. The maximum atomic E-state index is 12.2. The van der Waals surface area contributed by atoms with Crippen molar-refractivity contribution in [1.82, 2.24) is 0 Å². The van der Waals surface area contributed by atoms with Gasteiger partial charge in [-0.2, -0.15) is 0 Å². The number of ketones is 1. The summed E-state index contributed by atoms with van der Waals surface area (Å²) in [4.78, 5) is 22.7. The van der Waals surface area contributed by atoms with Crippen LogP contribution in [0.1, 0.15) is 12.5 Å². The van der Waals surface area contributed by atoms with Crippen LogP contribution in [0.25, 0.3) is 0 Å². The molecule has 0 saturated carbocycles. The van der Waals surface area contributed by atoms with Gasteiger partial charge >= 0.3 is 0 Å². The number of hydrogen-bond donors (Lipinski definition) is 2. The van der Waals surface area contributed by atoms with Crippen molar-refractivity contribution in [3.63, 3.8) is 0 Å². The zero-order valence-electron chi connectivity index (χ0n) is 14.6. The van der Waals surface area contributed by atoms with E-state index in [1.807, 2.05) is 6.92 Å². The van der Waals surface area contributed by atoms with Crippen LogP contribution in [-0.2, 0) is 21.3 Å². The largest absolute Gasteiger partial charge is 0.296 e. The summed E-state index contributed by atoms with van der Waals surface area (Å²) in [6.07, 6.45) is 7.06. The van der Waals surface area contributed by atoms with Gasteiger partial charge in [-0.1, -0.05) is 25.1 Å². The lowest BCUT2D eigenvalue weighted by molar-refractivity contribution is -0.384. The van der Waals surface area contributed by atoms with Crippen molar-refractivity contribution < 1.29 is 23.0 Å². The first-order valence-corrected chi connectivity index (χ1v) is 9.60. The normalized spacial score (nSPS) is 16.6. The molecule has 0 atom stereocenters. The quantitative estimate of drug-likeness (QED) is 0.342. The molecule has 10 heteroatoms. The van der Waals surface area contributed by atoms with Crippen molar-refractivity contribution in [3.8, 4) is 0 Å². The number of fused-ring (bicyclic) bond motifs is 1. The van der Waals surface area contributed by atoms with Gasteiger partial charge in [0.15, 0.2) is 5.69 Å². The van der Waals surface area contributed by atoms with Gasteiger partial charge in [0.1, 0.15) is 5.70 Å². The van der Waals surface area contributed by atoms with Crippen molar-refractivity contribution in [2.75, 3.05) is 0 Å². The van der Waals surface area contributed by atoms with Gasteiger partial charge < -0.3 is 0 Å². The fourth-order valence-electron chi connectivity index (χ4n) is 2.66. The molecule has 28 heavy (non-hydrogen) atoms. The Balaban J connectivity index is 2.07. The zero-order valence-corrected chi connectivity index (χ0v) is 15.4. The molecule has 0 saturated heterocycles. The molecule has 3 rings (SSSR count). The number of aryl methyl sites for hydroxylation is 1. The van der Waals surface area contributed by atoms with Crippen molar-refractivity contribution in [3.05, 3.63) is 81.1 Å². The topological polar surface area (TPSA) is 142 Å². The standard InChI is InChI=1S/C18H15N3O6S/c1-2-11-3-7-15(16(9-11)21(23)24)19-20-18-14-6-5-13(28(25,26)27)10-12(14)4-8-17(18)22/h3-10H,2H2,1H3,(H2,25,26,27). The Kier molecular flexibility index (Phi) is 5.18. The van der Waals surface area contributed by atoms with E-state index < -0.39 is 20.8 Å². The highest BCUT2D eigenvalue weighted by Gasteiger charge is 2.23. The van der Waals surface area contributed by atoms with Crippen LogP contribution in [-0.4, -0.2) is 28.9 Å². The highest BCUT2D eigenvalue weighted by molar-refractivity contribution is 7.92. The fraction of sp³-hybridized carbons (Fsp3) is 0.111. The molecule has 1 aromatic rings. The van der Waals surface area contributed by atoms with Crippen molar-refractivity contribution in [1.29, 1.82) is 0 Å². The molecule has 1 aromatic carbocycles. The number of allylic oxidation sites excluding steroid dienone is 7. The van der Waals surface area contributed by atoms with Gasteiger partial charge in [0.05, 0.1) is 9.79 Å². The molecule has 9 nitrogen and oxygen atoms in total. The summed E-state index contributed by atoms with van der Waals surface area (Å²) in [6, 6.07) is 4.55. The smallest absolute Gasteiger partial charge is 0.293 e. The Labute approximate surface area is 160 Å². The number of azo groups is 1. The van der Waals surface area contributed by atoms with Crippen molar-refractivity contribution >= 4 is 32.1 Å². The van der Waals surface area contributed by atoms with Gasteiger partial charge in [0.25, 0.3) is 5.69 Å². The van der Waals surface area contributed by atoms with Crippen molar-refractivity contribution in [2.45, 2.75) is 13.3 Å². The van der Waals surface area contributed by atoms with Crippen molar-refractivity contribution in [2.24, 2.45) is 10.2 Å². The number of benzene rings is 1. The van der Waals surface area contributed by atoms with E-state index in [0.717, 1.165) is 5.56 Å². The molecule has 2 aliphatic rings. The minimum Gasteiger partial charge on any atom is -0.293 e. The maximum Gasteiger partial charge on any atom is 0.296 e. The molecule has 0 aliphatic heterocycles. The van der Waals surface area contributed by atoms with Gasteiger partial charge in [-0.15, -0.1) is 10.2 Å². The Bertz CT molecular complexity index is 1160. The molecule has 0 unspecified atom stereocenters. The second-order valence-corrected chi connectivity index (χ2v) is 7.39. The zero-order chi connectivity index (χ0) is 20.5. The molecular formula is C18H15N3O6S. The second-order valence-electron chi connectivity index (χ2n) is 5.93. The molecule has 0 heterocycles. The lowest BCUT2D eigenvalue weighted by Crippen LogP contribution is -2.14. The molecule has 0 amide bonds. The minimum atomic E-state index is -4.15. The van der Waals surface area contributed by atoms with Gasteiger partial charge in [0.2, 0.25) is 15.9 Å². The van der Waals surface area contributed by atoms with Gasteiger partial charge in [-0.3, -0.25) is 24.0 Å². The van der Waals surface area contributed by atoms with Crippen LogP contribution in [0.2, 0.25) is 0 Å². The van der Waals surface area contributed by atoms with Crippen LogP contribution in [0, 0.1) is 10.1 Å². The molecular weight excluding hydrogens is 386 g/mol. The summed E-state index contributed by atoms with van der Waals surface area (Å²) >= 11 is 0. The van der Waals surface area contributed by atoms with Gasteiger partial charge in [-0.05, 0) is 41.9 Å². The number of nitro groups is 1. The van der Waals surface area contributed by atoms with E-state index in [0.29, 0.717) is 17.6 Å². The second kappa shape index (κ2) is 7.43. The lowest BCUT2D eigenvalue weighted by Gasteiger charge is -2.16. The van der Waals surface area contributed by atoms with E-state index in [2.05, 4.69) is 10.2 Å². The minimum absolute atomic E-state index is 0.00367. The molecule has 0 radical (unpaired) electrons. The maximum absolute atomic E-state index is 12.2. The highest BCUT2D eigenvalue weighted by Crippen LogP contribution is 2.32. The third-order valence-corrected chi connectivity index (χ3v) is 5.00. The summed E-state index contributed by atoms with van der Waals surface area (Å²) in [5.74, 6) is -0.467. The first kappa shape index (κ1) is 19.5. The van der Waals surface area contributed by atoms with E-state index in [9.17, 15) is 28.2 Å². The number of nitro benzene ring substituents is 1. The Morgan fingerprint density at radius 3 is 2.54 bits per heavy atom. The molecule has 0 bridgehead atoms. The molecule has 2 aliphatic carbocycles. The van der Waals surface area contributed by atoms with Crippen LogP contribution in [0.5, 0.6) is 0 Å². The predicted molar refractivity (Wildman–Crippen MR) is 104 cm³/mol. The monoisotopic (exact) mass is 401 g/mol. The van der Waals surface area contributed by atoms with E-state index in [1.54, 1.807) is 6.07 Å². The number of carbonyl (C=O) groups excluding carboxylic acids is 1. The van der Waals surface area contributed by atoms with E-state index in [-0.39, 0.29) is 21.9 Å². The molecule has 0 spiro atoms. The summed E-state index contributed by atoms with van der Waals surface area (Å²) in [5.41, 5.74) is 1.20. The number of carbonyl (C=O) groups is 1. The molecule has 2 N–H and O–H groups in total. The third-order valence-electron chi connectivity index (χ3n) is 4.14. The first-order chi connectivity index (χ1) is 13.2. The Morgan fingerprint density at radius 2 is 1.89 bits per heavy atom. The molecule has 0 fully saturated rings. The SMILES string of the molecule is CCc1ccc(N=NC2=C3C=CC(=S(=O)(O)O)C=C3C=CC2=O)c([N+](=O)[O-])c1. The summed E-state index contributed by atoms with van der Waals surface area (Å²) in [7, 11) is -4.15. The summed E-state index contributed by atoms with van der Waals surface area (Å²) < 4.78 is 29.9. The van der Waals surface area contributed by atoms with E-state index >= 15 is 0 Å². The predicted octanol–water partition coefficient (Wildman–Crippen LogP) is 3.53. The van der Waals surface area contributed by atoms with E-state index in [1.165, 1.54) is 42.5 Å². The average molecular weight is 401 g/mol. The number of hydrogen-bond acceptors (Lipinski definition) is 6.